The summed E-state index contributed by atoms with van der Waals surface area (Å²) in [6.45, 7) is 1.66. The van der Waals surface area contributed by atoms with E-state index in [4.69, 9.17) is 0 Å². The highest BCUT2D eigenvalue weighted by Crippen LogP contribution is 2.22. The van der Waals surface area contributed by atoms with Crippen LogP contribution < -0.4 is 5.32 Å². The Bertz CT molecular complexity index is 823. The normalized spacial score (nSPS) is 14.3. The predicted molar refractivity (Wildman–Crippen MR) is 85.2 cm³/mol. The van der Waals surface area contributed by atoms with Gasteiger partial charge in [0.2, 0.25) is 6.41 Å². The van der Waals surface area contributed by atoms with Gasteiger partial charge in [0.05, 0.1) is 5.69 Å². The topological polar surface area (TPSA) is 78.4 Å². The molecule has 136 valence electrons. The molecule has 10 heteroatoms. The smallest absolute Gasteiger partial charge is 0.274 e. The first kappa shape index (κ1) is 17.6. The Labute approximate surface area is 146 Å². The maximum atomic E-state index is 13.6. The molecule has 1 aromatic carbocycles. The summed E-state index contributed by atoms with van der Waals surface area (Å²) < 4.78 is 39.8. The average Bonchev–Trinajstić information content (AvgIpc) is 2.68. The molecule has 1 aromatic heterocycles. The van der Waals surface area contributed by atoms with E-state index < -0.39 is 17.5 Å². The van der Waals surface area contributed by atoms with Crippen molar-refractivity contribution in [3.8, 4) is 0 Å². The Morgan fingerprint density at radius 2 is 1.73 bits per heavy atom. The third-order valence-electron chi connectivity index (χ3n) is 3.93. The van der Waals surface area contributed by atoms with Crippen LogP contribution in [0.4, 0.5) is 24.7 Å². The minimum Gasteiger partial charge on any atom is -0.342 e. The molecule has 1 aliphatic rings. The predicted octanol–water partition coefficient (Wildman–Crippen LogP) is 1.55. The lowest BCUT2D eigenvalue weighted by atomic mass is 10.2. The number of aromatic nitrogens is 2. The molecular weight excluding hydrogens is 351 g/mol. The van der Waals surface area contributed by atoms with Crippen molar-refractivity contribution in [2.75, 3.05) is 31.5 Å². The summed E-state index contributed by atoms with van der Waals surface area (Å²) in [6.07, 6.45) is 0.736. The molecule has 0 atom stereocenters. The summed E-state index contributed by atoms with van der Waals surface area (Å²) in [5.74, 6) is -4.54. The average molecular weight is 365 g/mol. The van der Waals surface area contributed by atoms with Crippen molar-refractivity contribution in [3.63, 3.8) is 0 Å². The SMILES string of the molecule is O=CN1CCN(C(=O)c2ccc(Nc3ccc(F)c(F)c3F)nn2)CC1. The van der Waals surface area contributed by atoms with Gasteiger partial charge in [0.25, 0.3) is 5.91 Å². The molecule has 3 rings (SSSR count). The molecule has 1 N–H and O–H groups in total. The largest absolute Gasteiger partial charge is 0.342 e. The van der Waals surface area contributed by atoms with Crippen LogP contribution in [0.5, 0.6) is 0 Å². The first-order valence-corrected chi connectivity index (χ1v) is 7.72. The van der Waals surface area contributed by atoms with E-state index in [1.54, 1.807) is 9.80 Å². The molecule has 1 fully saturated rings. The summed E-state index contributed by atoms with van der Waals surface area (Å²) >= 11 is 0. The van der Waals surface area contributed by atoms with Gasteiger partial charge in [0.1, 0.15) is 0 Å². The van der Waals surface area contributed by atoms with Crippen LogP contribution in [0.3, 0.4) is 0 Å². The Kier molecular flexibility index (Phi) is 5.01. The Morgan fingerprint density at radius 1 is 1.00 bits per heavy atom. The van der Waals surface area contributed by atoms with E-state index in [1.165, 1.54) is 12.1 Å². The molecule has 0 aliphatic carbocycles. The fourth-order valence-corrected chi connectivity index (χ4v) is 2.47. The summed E-state index contributed by atoms with van der Waals surface area (Å²) in [5, 5.41) is 10.0. The number of nitrogens with one attached hydrogen (secondary N) is 1. The Balaban J connectivity index is 1.68. The number of nitrogens with zero attached hydrogens (tertiary/aromatic N) is 4. The van der Waals surface area contributed by atoms with Gasteiger partial charge in [0.15, 0.2) is 29.0 Å². The molecule has 0 unspecified atom stereocenters. The van der Waals surface area contributed by atoms with Gasteiger partial charge in [-0.25, -0.2) is 13.2 Å². The third kappa shape index (κ3) is 3.58. The van der Waals surface area contributed by atoms with E-state index in [0.717, 1.165) is 18.5 Å². The molecule has 0 saturated carbocycles. The van der Waals surface area contributed by atoms with Crippen LogP contribution in [0.15, 0.2) is 24.3 Å². The number of carbonyl (C=O) groups excluding carboxylic acids is 2. The number of amides is 2. The van der Waals surface area contributed by atoms with Gasteiger partial charge >= 0.3 is 0 Å². The number of hydrogen-bond donors (Lipinski definition) is 1. The number of halogens is 3. The van der Waals surface area contributed by atoms with Crippen molar-refractivity contribution in [3.05, 3.63) is 47.4 Å². The number of rotatable bonds is 4. The molecule has 1 aliphatic heterocycles. The van der Waals surface area contributed by atoms with Crippen LogP contribution in [0, 0.1) is 17.5 Å². The fourth-order valence-electron chi connectivity index (χ4n) is 2.47. The van der Waals surface area contributed by atoms with E-state index in [0.29, 0.717) is 26.2 Å². The summed E-state index contributed by atoms with van der Waals surface area (Å²) in [4.78, 5) is 26.1. The first-order chi connectivity index (χ1) is 12.5. The van der Waals surface area contributed by atoms with Crippen molar-refractivity contribution >= 4 is 23.8 Å². The van der Waals surface area contributed by atoms with Gasteiger partial charge in [0, 0.05) is 26.2 Å². The van der Waals surface area contributed by atoms with Gasteiger partial charge in [-0.15, -0.1) is 10.2 Å². The van der Waals surface area contributed by atoms with Crippen molar-refractivity contribution in [1.29, 1.82) is 0 Å². The van der Waals surface area contributed by atoms with E-state index in [-0.39, 0.29) is 23.1 Å². The van der Waals surface area contributed by atoms with Crippen LogP contribution in [0.1, 0.15) is 10.5 Å². The second-order valence-electron chi connectivity index (χ2n) is 5.59. The van der Waals surface area contributed by atoms with E-state index >= 15 is 0 Å². The zero-order valence-electron chi connectivity index (χ0n) is 13.5. The van der Waals surface area contributed by atoms with Crippen LogP contribution >= 0.6 is 0 Å². The number of benzene rings is 1. The van der Waals surface area contributed by atoms with Crippen molar-refractivity contribution in [1.82, 2.24) is 20.0 Å². The number of piperazine rings is 1. The quantitative estimate of drug-likeness (QED) is 0.657. The van der Waals surface area contributed by atoms with Gasteiger partial charge in [-0.3, -0.25) is 9.59 Å². The van der Waals surface area contributed by atoms with Crippen LogP contribution in [-0.4, -0.2) is 58.5 Å². The zero-order chi connectivity index (χ0) is 18.7. The molecule has 0 spiro atoms. The van der Waals surface area contributed by atoms with Crippen molar-refractivity contribution in [2.24, 2.45) is 0 Å². The summed E-state index contributed by atoms with van der Waals surface area (Å²) in [6, 6.07) is 4.58. The number of carbonyl (C=O) groups is 2. The van der Waals surface area contributed by atoms with Crippen LogP contribution in [-0.2, 0) is 4.79 Å². The molecule has 0 radical (unpaired) electrons. The second-order valence-corrected chi connectivity index (χ2v) is 5.59. The molecular formula is C16H14F3N5O2. The number of hydrogen-bond acceptors (Lipinski definition) is 5. The minimum absolute atomic E-state index is 0.0669. The molecule has 0 bridgehead atoms. The third-order valence-corrected chi connectivity index (χ3v) is 3.93. The lowest BCUT2D eigenvalue weighted by Gasteiger charge is -2.32. The molecule has 26 heavy (non-hydrogen) atoms. The summed E-state index contributed by atoms with van der Waals surface area (Å²) in [7, 11) is 0. The maximum absolute atomic E-state index is 13.6. The van der Waals surface area contributed by atoms with Crippen LogP contribution in [0.25, 0.3) is 0 Å². The second kappa shape index (κ2) is 7.38. The van der Waals surface area contributed by atoms with Crippen LogP contribution in [0.2, 0.25) is 0 Å². The van der Waals surface area contributed by atoms with Crippen molar-refractivity contribution in [2.45, 2.75) is 0 Å². The van der Waals surface area contributed by atoms with Gasteiger partial charge in [-0.05, 0) is 24.3 Å². The standard InChI is InChI=1S/C16H14F3N5O2/c17-10-1-2-11(15(19)14(10)18)20-13-4-3-12(21-22-13)16(26)24-7-5-23(9-25)6-8-24/h1-4,9H,5-8H2,(H,20,22). The molecule has 2 heterocycles. The highest BCUT2D eigenvalue weighted by Gasteiger charge is 2.22. The monoisotopic (exact) mass is 365 g/mol. The van der Waals surface area contributed by atoms with Gasteiger partial charge < -0.3 is 15.1 Å². The molecule has 2 aromatic rings. The maximum Gasteiger partial charge on any atom is 0.274 e. The minimum atomic E-state index is -1.59. The van der Waals surface area contributed by atoms with Gasteiger partial charge in [-0.2, -0.15) is 0 Å². The van der Waals surface area contributed by atoms with E-state index in [9.17, 15) is 22.8 Å². The first-order valence-electron chi connectivity index (χ1n) is 7.72. The Morgan fingerprint density at radius 3 is 2.35 bits per heavy atom. The van der Waals surface area contributed by atoms with E-state index in [2.05, 4.69) is 15.5 Å². The molecule has 1 saturated heterocycles. The summed E-state index contributed by atoms with van der Waals surface area (Å²) in [5.41, 5.74) is -0.219. The lowest BCUT2D eigenvalue weighted by Crippen LogP contribution is -2.48. The fraction of sp³-hybridized carbons (Fsp3) is 0.250. The van der Waals surface area contributed by atoms with Crippen molar-refractivity contribution < 1.29 is 22.8 Å². The lowest BCUT2D eigenvalue weighted by molar-refractivity contribution is -0.119. The molecule has 2 amide bonds. The number of anilines is 2. The Hall–Kier alpha value is -3.17. The highest BCUT2D eigenvalue weighted by molar-refractivity contribution is 5.92. The molecule has 7 nitrogen and oxygen atoms in total. The van der Waals surface area contributed by atoms with Gasteiger partial charge in [-0.1, -0.05) is 0 Å². The zero-order valence-corrected chi connectivity index (χ0v) is 13.5. The van der Waals surface area contributed by atoms with E-state index in [1.807, 2.05) is 0 Å². The highest BCUT2D eigenvalue weighted by atomic mass is 19.2.